The molecule has 0 spiro atoms. The zero-order chi connectivity index (χ0) is 13.7. The summed E-state index contributed by atoms with van der Waals surface area (Å²) in [6.07, 6.45) is -1.33. The van der Waals surface area contributed by atoms with E-state index in [1.807, 2.05) is 0 Å². The van der Waals surface area contributed by atoms with Crippen molar-refractivity contribution >= 4 is 5.97 Å². The lowest BCUT2D eigenvalue weighted by Gasteiger charge is -2.15. The molecule has 0 aliphatic rings. The van der Waals surface area contributed by atoms with Crippen molar-refractivity contribution in [1.82, 2.24) is 0 Å². The van der Waals surface area contributed by atoms with Gasteiger partial charge in [0.15, 0.2) is 0 Å². The SMILES string of the molecule is COC(C)=O.COCC(CO)OCC(O)CO. The molecule has 2 atom stereocenters. The molecule has 0 aromatic rings. The van der Waals surface area contributed by atoms with E-state index in [2.05, 4.69) is 4.74 Å². The molecule has 0 aromatic carbocycles. The van der Waals surface area contributed by atoms with Crippen LogP contribution in [0, 0.1) is 0 Å². The van der Waals surface area contributed by atoms with Crippen molar-refractivity contribution in [2.24, 2.45) is 0 Å². The van der Waals surface area contributed by atoms with Gasteiger partial charge in [-0.05, 0) is 0 Å². The molecule has 3 N–H and O–H groups in total. The van der Waals surface area contributed by atoms with E-state index in [0.29, 0.717) is 0 Å². The molecule has 0 bridgehead atoms. The second-order valence-corrected chi connectivity index (χ2v) is 3.13. The molecule has 0 saturated carbocycles. The molecule has 0 radical (unpaired) electrons. The van der Waals surface area contributed by atoms with Crippen molar-refractivity contribution in [3.8, 4) is 0 Å². The third kappa shape index (κ3) is 15.3. The molecule has 7 heteroatoms. The molecular formula is C10H22O7. The van der Waals surface area contributed by atoms with Crippen LogP contribution in [-0.4, -0.2) is 74.1 Å². The van der Waals surface area contributed by atoms with E-state index in [4.69, 9.17) is 24.8 Å². The van der Waals surface area contributed by atoms with Crippen LogP contribution in [0.25, 0.3) is 0 Å². The summed E-state index contributed by atoms with van der Waals surface area (Å²) in [7, 11) is 2.84. The lowest BCUT2D eigenvalue weighted by molar-refractivity contribution is -0.137. The predicted molar refractivity (Wildman–Crippen MR) is 59.5 cm³/mol. The first kappa shape index (κ1) is 18.6. The number of carbonyl (C=O) groups excluding carboxylic acids is 1. The van der Waals surface area contributed by atoms with E-state index in [1.165, 1.54) is 21.1 Å². The fourth-order valence-electron chi connectivity index (χ4n) is 0.639. The summed E-state index contributed by atoms with van der Waals surface area (Å²) in [5.74, 6) is -0.245. The summed E-state index contributed by atoms with van der Waals surface area (Å²) < 4.78 is 13.8. The van der Waals surface area contributed by atoms with E-state index >= 15 is 0 Å². The highest BCUT2D eigenvalue weighted by atomic mass is 16.5. The van der Waals surface area contributed by atoms with Gasteiger partial charge in [0, 0.05) is 14.0 Å². The minimum absolute atomic E-state index is 0.00505. The van der Waals surface area contributed by atoms with Crippen LogP contribution in [0.1, 0.15) is 6.92 Å². The quantitative estimate of drug-likeness (QED) is 0.477. The first-order valence-electron chi connectivity index (χ1n) is 5.06. The number of aliphatic hydroxyl groups excluding tert-OH is 3. The zero-order valence-electron chi connectivity index (χ0n) is 10.5. The fraction of sp³-hybridized carbons (Fsp3) is 0.900. The molecule has 2 unspecified atom stereocenters. The van der Waals surface area contributed by atoms with Gasteiger partial charge in [0.25, 0.3) is 0 Å². The largest absolute Gasteiger partial charge is 0.469 e. The summed E-state index contributed by atoms with van der Waals surface area (Å²) in [6.45, 7) is 1.14. The maximum absolute atomic E-state index is 9.59. The number of hydrogen-bond donors (Lipinski definition) is 3. The van der Waals surface area contributed by atoms with Gasteiger partial charge < -0.3 is 29.5 Å². The molecule has 17 heavy (non-hydrogen) atoms. The second kappa shape index (κ2) is 13.3. The van der Waals surface area contributed by atoms with Crippen LogP contribution in [0.15, 0.2) is 0 Å². The van der Waals surface area contributed by atoms with Gasteiger partial charge in [-0.1, -0.05) is 0 Å². The number of ether oxygens (including phenoxy) is 3. The number of methoxy groups -OCH3 is 2. The minimum atomic E-state index is -0.893. The normalized spacial score (nSPS) is 13.3. The lowest BCUT2D eigenvalue weighted by atomic mass is 10.4. The van der Waals surface area contributed by atoms with Crippen LogP contribution in [0.5, 0.6) is 0 Å². The number of carbonyl (C=O) groups is 1. The van der Waals surface area contributed by atoms with Gasteiger partial charge in [0.2, 0.25) is 0 Å². The molecule has 0 fully saturated rings. The van der Waals surface area contributed by atoms with Gasteiger partial charge in [0.05, 0.1) is 33.5 Å². The van der Waals surface area contributed by atoms with Crippen LogP contribution in [0.3, 0.4) is 0 Å². The Morgan fingerprint density at radius 2 is 1.71 bits per heavy atom. The molecule has 0 rings (SSSR count). The predicted octanol–water partition coefficient (Wildman–Crippen LogP) is -1.46. The van der Waals surface area contributed by atoms with E-state index in [-0.39, 0.29) is 32.4 Å². The van der Waals surface area contributed by atoms with Crippen molar-refractivity contribution in [3.05, 3.63) is 0 Å². The fourth-order valence-corrected chi connectivity index (χ4v) is 0.639. The summed E-state index contributed by atoms with van der Waals surface area (Å²) in [5.41, 5.74) is 0. The Kier molecular flexibility index (Phi) is 14.6. The Morgan fingerprint density at radius 1 is 1.18 bits per heavy atom. The third-order valence-electron chi connectivity index (χ3n) is 1.58. The maximum atomic E-state index is 9.59. The van der Waals surface area contributed by atoms with E-state index in [0.717, 1.165) is 0 Å². The van der Waals surface area contributed by atoms with Gasteiger partial charge in [-0.2, -0.15) is 0 Å². The number of hydrogen-bond acceptors (Lipinski definition) is 7. The lowest BCUT2D eigenvalue weighted by Crippen LogP contribution is -2.29. The van der Waals surface area contributed by atoms with Crippen LogP contribution in [0.2, 0.25) is 0 Å². The van der Waals surface area contributed by atoms with Gasteiger partial charge in [-0.3, -0.25) is 4.79 Å². The Morgan fingerprint density at radius 3 is 2.00 bits per heavy atom. The standard InChI is InChI=1S/C7H16O5.C3H6O2/c1-11-5-7(3-9)12-4-6(10)2-8;1-3(4)5-2/h6-10H,2-5H2,1H3;1-2H3. The van der Waals surface area contributed by atoms with Crippen molar-refractivity contribution in [1.29, 1.82) is 0 Å². The molecule has 0 saturated heterocycles. The highest BCUT2D eigenvalue weighted by Gasteiger charge is 2.09. The van der Waals surface area contributed by atoms with E-state index in [1.54, 1.807) is 0 Å². The minimum Gasteiger partial charge on any atom is -0.469 e. The van der Waals surface area contributed by atoms with Crippen LogP contribution < -0.4 is 0 Å². The zero-order valence-corrected chi connectivity index (χ0v) is 10.5. The van der Waals surface area contributed by atoms with Gasteiger partial charge in [0.1, 0.15) is 12.2 Å². The summed E-state index contributed by atoms with van der Waals surface area (Å²) in [5, 5.41) is 26.0. The maximum Gasteiger partial charge on any atom is 0.302 e. The molecule has 104 valence electrons. The summed E-state index contributed by atoms with van der Waals surface area (Å²) >= 11 is 0. The van der Waals surface area contributed by atoms with Crippen molar-refractivity contribution in [2.75, 3.05) is 40.6 Å². The van der Waals surface area contributed by atoms with Crippen molar-refractivity contribution in [3.63, 3.8) is 0 Å². The Bertz CT molecular complexity index is 174. The average molecular weight is 254 g/mol. The van der Waals surface area contributed by atoms with Crippen LogP contribution in [-0.2, 0) is 19.0 Å². The Labute approximate surface area is 101 Å². The van der Waals surface area contributed by atoms with Crippen LogP contribution >= 0.6 is 0 Å². The number of aliphatic hydroxyl groups is 3. The van der Waals surface area contributed by atoms with Gasteiger partial charge >= 0.3 is 5.97 Å². The summed E-state index contributed by atoms with van der Waals surface area (Å²) in [4.78, 5) is 9.59. The highest BCUT2D eigenvalue weighted by Crippen LogP contribution is 1.93. The number of rotatable bonds is 7. The van der Waals surface area contributed by atoms with E-state index < -0.39 is 12.2 Å². The molecule has 0 aliphatic carbocycles. The third-order valence-corrected chi connectivity index (χ3v) is 1.58. The number of esters is 1. The first-order chi connectivity index (χ1) is 8.01. The summed E-state index contributed by atoms with van der Waals surface area (Å²) in [6, 6.07) is 0. The second-order valence-electron chi connectivity index (χ2n) is 3.13. The molecule has 0 aliphatic heterocycles. The van der Waals surface area contributed by atoms with Crippen molar-refractivity contribution < 1.29 is 34.3 Å². The topological polar surface area (TPSA) is 105 Å². The molecule has 0 aromatic heterocycles. The smallest absolute Gasteiger partial charge is 0.302 e. The van der Waals surface area contributed by atoms with Gasteiger partial charge in [-0.25, -0.2) is 0 Å². The van der Waals surface area contributed by atoms with Crippen molar-refractivity contribution in [2.45, 2.75) is 19.1 Å². The molecule has 0 amide bonds. The molecular weight excluding hydrogens is 232 g/mol. The highest BCUT2D eigenvalue weighted by molar-refractivity contribution is 5.65. The first-order valence-corrected chi connectivity index (χ1v) is 5.06. The molecule has 7 nitrogen and oxygen atoms in total. The van der Waals surface area contributed by atoms with Gasteiger partial charge in [-0.15, -0.1) is 0 Å². The van der Waals surface area contributed by atoms with Crippen LogP contribution in [0.4, 0.5) is 0 Å². The Hall–Kier alpha value is -0.730. The average Bonchev–Trinajstić information content (AvgIpc) is 2.34. The van der Waals surface area contributed by atoms with E-state index in [9.17, 15) is 4.79 Å². The Balaban J connectivity index is 0. The molecule has 0 heterocycles. The monoisotopic (exact) mass is 254 g/mol.